The number of carbonyl (C=O) groups is 1. The topological polar surface area (TPSA) is 79.9 Å². The first-order valence-electron chi connectivity index (χ1n) is 6.69. The van der Waals surface area contributed by atoms with Crippen LogP contribution in [0.4, 0.5) is 0 Å². The van der Waals surface area contributed by atoms with Gasteiger partial charge in [-0.25, -0.2) is 0 Å². The van der Waals surface area contributed by atoms with Crippen LogP contribution >= 0.6 is 0 Å². The van der Waals surface area contributed by atoms with Gasteiger partial charge in [0, 0.05) is 19.3 Å². The average Bonchev–Trinajstić information content (AvgIpc) is 3.17. The molecule has 0 spiro atoms. The van der Waals surface area contributed by atoms with Gasteiger partial charge in [-0.3, -0.25) is 14.9 Å². The predicted octanol–water partition coefficient (Wildman–Crippen LogP) is 1.38. The maximum absolute atomic E-state index is 12.0. The molecule has 1 saturated heterocycles. The van der Waals surface area contributed by atoms with Crippen LogP contribution in [-0.4, -0.2) is 40.3 Å². The van der Waals surface area contributed by atoms with Crippen molar-refractivity contribution >= 4 is 5.91 Å². The lowest BCUT2D eigenvalue weighted by Gasteiger charge is -2.09. The van der Waals surface area contributed by atoms with Crippen LogP contribution < -0.4 is 5.32 Å². The van der Waals surface area contributed by atoms with Crippen molar-refractivity contribution in [1.82, 2.24) is 20.5 Å². The number of aromatic nitrogens is 3. The maximum Gasteiger partial charge on any atom is 0.269 e. The van der Waals surface area contributed by atoms with Crippen LogP contribution in [0.25, 0.3) is 11.4 Å². The molecule has 3 rings (SSSR count). The van der Waals surface area contributed by atoms with Crippen LogP contribution in [0.3, 0.4) is 0 Å². The number of amides is 1. The van der Waals surface area contributed by atoms with Crippen molar-refractivity contribution in [1.29, 1.82) is 0 Å². The molecule has 20 heavy (non-hydrogen) atoms. The van der Waals surface area contributed by atoms with Gasteiger partial charge in [-0.1, -0.05) is 6.07 Å². The zero-order chi connectivity index (χ0) is 13.8. The molecule has 0 radical (unpaired) electrons. The first kappa shape index (κ1) is 12.8. The predicted molar refractivity (Wildman–Crippen MR) is 73.1 cm³/mol. The van der Waals surface area contributed by atoms with Gasteiger partial charge in [0.25, 0.3) is 5.91 Å². The summed E-state index contributed by atoms with van der Waals surface area (Å²) in [5.41, 5.74) is 1.83. The smallest absolute Gasteiger partial charge is 0.269 e. The zero-order valence-electron chi connectivity index (χ0n) is 11.0. The Hall–Kier alpha value is -2.21. The van der Waals surface area contributed by atoms with E-state index in [-0.39, 0.29) is 12.0 Å². The highest BCUT2D eigenvalue weighted by Crippen LogP contribution is 2.14. The second-order valence-electron chi connectivity index (χ2n) is 4.73. The average molecular weight is 272 g/mol. The van der Waals surface area contributed by atoms with Crippen molar-refractivity contribution < 1.29 is 9.53 Å². The number of carbonyl (C=O) groups excluding carboxylic acids is 1. The van der Waals surface area contributed by atoms with Crippen molar-refractivity contribution in [3.05, 3.63) is 36.2 Å². The molecule has 1 aliphatic heterocycles. The van der Waals surface area contributed by atoms with Crippen molar-refractivity contribution in [2.45, 2.75) is 18.9 Å². The molecule has 0 saturated carbocycles. The molecular formula is C14H16N4O2. The molecule has 3 heterocycles. The molecule has 0 unspecified atom stereocenters. The van der Waals surface area contributed by atoms with Crippen molar-refractivity contribution in [2.75, 3.05) is 13.2 Å². The second-order valence-corrected chi connectivity index (χ2v) is 4.73. The van der Waals surface area contributed by atoms with E-state index >= 15 is 0 Å². The molecule has 2 aromatic rings. The van der Waals surface area contributed by atoms with E-state index in [0.717, 1.165) is 25.1 Å². The number of nitrogens with one attached hydrogen (secondary N) is 2. The number of rotatable bonds is 4. The minimum Gasteiger partial charge on any atom is -0.376 e. The fraction of sp³-hybridized carbons (Fsp3) is 0.357. The lowest BCUT2D eigenvalue weighted by Crippen LogP contribution is -2.31. The highest BCUT2D eigenvalue weighted by atomic mass is 16.5. The van der Waals surface area contributed by atoms with Gasteiger partial charge in [0.15, 0.2) is 0 Å². The SMILES string of the molecule is O=C(NC[C@@H]1CCCO1)c1cc(-c2ccccn2)n[nH]1. The molecule has 1 aliphatic rings. The number of hydrogen-bond acceptors (Lipinski definition) is 4. The van der Waals surface area contributed by atoms with Gasteiger partial charge in [0.2, 0.25) is 0 Å². The standard InChI is InChI=1S/C14H16N4O2/c19-14(16-9-10-4-3-7-20-10)13-8-12(17-18-13)11-5-1-2-6-15-11/h1-2,5-6,8,10H,3-4,7,9H2,(H,16,19)(H,17,18)/t10-/m0/s1. The summed E-state index contributed by atoms with van der Waals surface area (Å²) in [6.07, 6.45) is 3.90. The van der Waals surface area contributed by atoms with E-state index in [1.54, 1.807) is 12.3 Å². The van der Waals surface area contributed by atoms with Gasteiger partial charge < -0.3 is 10.1 Å². The van der Waals surface area contributed by atoms with Crippen LogP contribution in [0.1, 0.15) is 23.3 Å². The van der Waals surface area contributed by atoms with Crippen LogP contribution in [-0.2, 0) is 4.74 Å². The van der Waals surface area contributed by atoms with Gasteiger partial charge in [0.1, 0.15) is 11.4 Å². The Balaban J connectivity index is 1.62. The maximum atomic E-state index is 12.0. The van der Waals surface area contributed by atoms with Gasteiger partial charge >= 0.3 is 0 Å². The van der Waals surface area contributed by atoms with Gasteiger partial charge in [-0.05, 0) is 31.0 Å². The third-order valence-corrected chi connectivity index (χ3v) is 3.26. The molecule has 104 valence electrons. The summed E-state index contributed by atoms with van der Waals surface area (Å²) in [6.45, 7) is 1.32. The Morgan fingerprint density at radius 1 is 1.45 bits per heavy atom. The van der Waals surface area contributed by atoms with E-state index in [1.165, 1.54) is 0 Å². The first-order chi connectivity index (χ1) is 9.83. The number of aromatic amines is 1. The van der Waals surface area contributed by atoms with Crippen LogP contribution in [0.2, 0.25) is 0 Å². The summed E-state index contributed by atoms with van der Waals surface area (Å²) in [5, 5.41) is 9.69. The normalized spacial score (nSPS) is 18.1. The Kier molecular flexibility index (Phi) is 3.73. The molecule has 0 aromatic carbocycles. The molecule has 2 N–H and O–H groups in total. The summed E-state index contributed by atoms with van der Waals surface area (Å²) >= 11 is 0. The highest BCUT2D eigenvalue weighted by molar-refractivity contribution is 5.93. The van der Waals surface area contributed by atoms with Crippen molar-refractivity contribution in [3.8, 4) is 11.4 Å². The molecule has 1 fully saturated rings. The molecular weight excluding hydrogens is 256 g/mol. The van der Waals surface area contributed by atoms with Crippen LogP contribution in [0, 0.1) is 0 Å². The molecule has 1 amide bonds. The van der Waals surface area contributed by atoms with E-state index in [4.69, 9.17) is 4.74 Å². The van der Waals surface area contributed by atoms with E-state index in [2.05, 4.69) is 20.5 Å². The summed E-state index contributed by atoms with van der Waals surface area (Å²) in [4.78, 5) is 16.2. The monoisotopic (exact) mass is 272 g/mol. The van der Waals surface area contributed by atoms with Gasteiger partial charge in [0.05, 0.1) is 11.8 Å². The van der Waals surface area contributed by atoms with E-state index in [9.17, 15) is 4.79 Å². The first-order valence-corrected chi connectivity index (χ1v) is 6.69. The fourth-order valence-electron chi connectivity index (χ4n) is 2.19. The van der Waals surface area contributed by atoms with Crippen LogP contribution in [0.5, 0.6) is 0 Å². The third kappa shape index (κ3) is 2.85. The Morgan fingerprint density at radius 2 is 2.40 bits per heavy atom. The molecule has 1 atom stereocenters. The minimum atomic E-state index is -0.171. The van der Waals surface area contributed by atoms with Gasteiger partial charge in [-0.2, -0.15) is 5.10 Å². The summed E-state index contributed by atoms with van der Waals surface area (Å²) in [6, 6.07) is 7.27. The number of nitrogens with zero attached hydrogens (tertiary/aromatic N) is 2. The third-order valence-electron chi connectivity index (χ3n) is 3.26. The number of pyridine rings is 1. The van der Waals surface area contributed by atoms with E-state index in [0.29, 0.717) is 17.9 Å². The minimum absolute atomic E-state index is 0.136. The van der Waals surface area contributed by atoms with Crippen LogP contribution in [0.15, 0.2) is 30.5 Å². The van der Waals surface area contributed by atoms with E-state index in [1.807, 2.05) is 18.2 Å². The Bertz CT molecular complexity index is 576. The molecule has 0 aliphatic carbocycles. The highest BCUT2D eigenvalue weighted by Gasteiger charge is 2.17. The summed E-state index contributed by atoms with van der Waals surface area (Å²) < 4.78 is 5.46. The summed E-state index contributed by atoms with van der Waals surface area (Å²) in [7, 11) is 0. The lowest BCUT2D eigenvalue weighted by molar-refractivity contribution is 0.0853. The largest absolute Gasteiger partial charge is 0.376 e. The molecule has 6 heteroatoms. The number of ether oxygens (including phenoxy) is 1. The Labute approximate surface area is 116 Å². The Morgan fingerprint density at radius 3 is 3.15 bits per heavy atom. The molecule has 6 nitrogen and oxygen atoms in total. The van der Waals surface area contributed by atoms with Gasteiger partial charge in [-0.15, -0.1) is 0 Å². The summed E-state index contributed by atoms with van der Waals surface area (Å²) in [5.74, 6) is -0.171. The second kappa shape index (κ2) is 5.83. The number of hydrogen-bond donors (Lipinski definition) is 2. The quantitative estimate of drug-likeness (QED) is 0.881. The lowest BCUT2D eigenvalue weighted by atomic mass is 10.2. The molecule has 0 bridgehead atoms. The van der Waals surface area contributed by atoms with Crippen molar-refractivity contribution in [2.24, 2.45) is 0 Å². The fourth-order valence-corrected chi connectivity index (χ4v) is 2.19. The molecule has 2 aromatic heterocycles. The van der Waals surface area contributed by atoms with Crippen molar-refractivity contribution in [3.63, 3.8) is 0 Å². The number of H-pyrrole nitrogens is 1. The van der Waals surface area contributed by atoms with E-state index < -0.39 is 0 Å². The zero-order valence-corrected chi connectivity index (χ0v) is 11.0.